The van der Waals surface area contributed by atoms with E-state index in [1.807, 2.05) is 67.8 Å². The first-order valence-corrected chi connectivity index (χ1v) is 10.7. The highest BCUT2D eigenvalue weighted by atomic mass is 16.5. The van der Waals surface area contributed by atoms with Gasteiger partial charge in [-0.2, -0.15) is 0 Å². The molecule has 1 N–H and O–H groups in total. The first kappa shape index (κ1) is 23.0. The number of ketones is 1. The monoisotopic (exact) mass is 432 g/mol. The van der Waals surface area contributed by atoms with Gasteiger partial charge in [0.2, 0.25) is 5.78 Å². The van der Waals surface area contributed by atoms with Gasteiger partial charge in [-0.25, -0.2) is 4.79 Å². The molecule has 1 aromatic heterocycles. The van der Waals surface area contributed by atoms with Crippen LogP contribution in [0, 0.1) is 13.8 Å². The standard InChI is InChI=1S/C26H28N2O4/c1-4-28-18(2)15-22(19(28)3)24(29)17-32-26(31)23(16-20-11-7-5-8-12-20)27-25(30)21-13-9-6-10-14-21/h5-15,23H,4,16-17H2,1-3H3,(H,27,30). The smallest absolute Gasteiger partial charge is 0.329 e. The van der Waals surface area contributed by atoms with Crippen molar-refractivity contribution in [1.29, 1.82) is 0 Å². The zero-order chi connectivity index (χ0) is 23.1. The summed E-state index contributed by atoms with van der Waals surface area (Å²) in [7, 11) is 0. The van der Waals surface area contributed by atoms with E-state index in [4.69, 9.17) is 4.74 Å². The number of carbonyl (C=O) groups excluding carboxylic acids is 3. The number of nitrogens with zero attached hydrogens (tertiary/aromatic N) is 1. The molecule has 0 saturated carbocycles. The van der Waals surface area contributed by atoms with Crippen LogP contribution in [0.5, 0.6) is 0 Å². The molecule has 0 bridgehead atoms. The third kappa shape index (κ3) is 5.52. The fourth-order valence-electron chi connectivity index (χ4n) is 3.76. The van der Waals surface area contributed by atoms with Crippen molar-refractivity contribution in [2.24, 2.45) is 0 Å². The average Bonchev–Trinajstić information content (AvgIpc) is 3.11. The lowest BCUT2D eigenvalue weighted by Crippen LogP contribution is -2.43. The fourth-order valence-corrected chi connectivity index (χ4v) is 3.76. The number of ether oxygens (including phenoxy) is 1. The summed E-state index contributed by atoms with van der Waals surface area (Å²) in [5.74, 6) is -1.28. The maximum absolute atomic E-state index is 12.9. The van der Waals surface area contributed by atoms with E-state index in [-0.39, 0.29) is 24.7 Å². The Morgan fingerprint density at radius 1 is 0.969 bits per heavy atom. The summed E-state index contributed by atoms with van der Waals surface area (Å²) in [6, 6.07) is 18.9. The minimum Gasteiger partial charge on any atom is -0.456 e. The number of benzene rings is 2. The number of aromatic nitrogens is 1. The maximum atomic E-state index is 12.9. The Morgan fingerprint density at radius 3 is 2.19 bits per heavy atom. The van der Waals surface area contributed by atoms with E-state index in [2.05, 4.69) is 5.32 Å². The SMILES string of the molecule is CCn1c(C)cc(C(=O)COC(=O)C(Cc2ccccc2)NC(=O)c2ccccc2)c1C. The summed E-state index contributed by atoms with van der Waals surface area (Å²) in [6.45, 7) is 6.21. The van der Waals surface area contributed by atoms with Gasteiger partial charge in [-0.3, -0.25) is 9.59 Å². The molecule has 0 spiro atoms. The van der Waals surface area contributed by atoms with Crippen LogP contribution in [0.3, 0.4) is 0 Å². The van der Waals surface area contributed by atoms with Crippen LogP contribution in [-0.4, -0.2) is 34.9 Å². The van der Waals surface area contributed by atoms with E-state index < -0.39 is 12.0 Å². The summed E-state index contributed by atoms with van der Waals surface area (Å²) < 4.78 is 7.39. The molecule has 1 unspecified atom stereocenters. The number of Topliss-reactive ketones (excluding diaryl/α,β-unsaturated/α-hetero) is 1. The Labute approximate surface area is 188 Å². The molecule has 0 aliphatic rings. The second-order valence-electron chi connectivity index (χ2n) is 7.64. The Bertz CT molecular complexity index is 1090. The van der Waals surface area contributed by atoms with Crippen LogP contribution in [-0.2, 0) is 22.5 Å². The lowest BCUT2D eigenvalue weighted by molar-refractivity contribution is -0.144. The van der Waals surface area contributed by atoms with Gasteiger partial charge in [0, 0.05) is 35.5 Å². The third-order valence-electron chi connectivity index (χ3n) is 5.44. The van der Waals surface area contributed by atoms with E-state index in [0.29, 0.717) is 11.1 Å². The molecule has 1 heterocycles. The van der Waals surface area contributed by atoms with E-state index in [1.165, 1.54) is 0 Å². The predicted molar refractivity (Wildman–Crippen MR) is 123 cm³/mol. The van der Waals surface area contributed by atoms with Crippen molar-refractivity contribution in [2.75, 3.05) is 6.61 Å². The highest BCUT2D eigenvalue weighted by Crippen LogP contribution is 2.16. The number of hydrogen-bond acceptors (Lipinski definition) is 4. The molecule has 6 heteroatoms. The zero-order valence-electron chi connectivity index (χ0n) is 18.6. The van der Waals surface area contributed by atoms with E-state index in [0.717, 1.165) is 23.5 Å². The molecule has 0 fully saturated rings. The van der Waals surface area contributed by atoms with E-state index >= 15 is 0 Å². The maximum Gasteiger partial charge on any atom is 0.329 e. The van der Waals surface area contributed by atoms with Gasteiger partial charge in [-0.15, -0.1) is 0 Å². The van der Waals surface area contributed by atoms with Gasteiger partial charge >= 0.3 is 5.97 Å². The first-order valence-electron chi connectivity index (χ1n) is 10.7. The number of esters is 1. The number of hydrogen-bond donors (Lipinski definition) is 1. The number of aryl methyl sites for hydroxylation is 1. The summed E-state index contributed by atoms with van der Waals surface area (Å²) in [5.41, 5.74) is 3.70. The van der Waals surface area contributed by atoms with Gasteiger partial charge < -0.3 is 14.6 Å². The van der Waals surface area contributed by atoms with Gasteiger partial charge in [0.25, 0.3) is 5.91 Å². The molecule has 3 rings (SSSR count). The van der Waals surface area contributed by atoms with E-state index in [9.17, 15) is 14.4 Å². The van der Waals surface area contributed by atoms with Crippen molar-refractivity contribution in [1.82, 2.24) is 9.88 Å². The molecule has 0 aliphatic carbocycles. The molecule has 1 atom stereocenters. The van der Waals surface area contributed by atoms with Crippen molar-refractivity contribution in [2.45, 2.75) is 39.8 Å². The molecule has 0 saturated heterocycles. The Morgan fingerprint density at radius 2 is 1.59 bits per heavy atom. The van der Waals surface area contributed by atoms with Gasteiger partial charge in [0.05, 0.1) is 0 Å². The van der Waals surface area contributed by atoms with Crippen LogP contribution in [0.1, 0.15) is 44.6 Å². The van der Waals surface area contributed by atoms with Gasteiger partial charge in [-0.05, 0) is 44.5 Å². The van der Waals surface area contributed by atoms with Crippen LogP contribution in [0.15, 0.2) is 66.7 Å². The van der Waals surface area contributed by atoms with Crippen molar-refractivity contribution < 1.29 is 19.1 Å². The normalized spacial score (nSPS) is 11.6. The van der Waals surface area contributed by atoms with Crippen LogP contribution < -0.4 is 5.32 Å². The highest BCUT2D eigenvalue weighted by Gasteiger charge is 2.25. The number of rotatable bonds is 9. The number of nitrogens with one attached hydrogen (secondary N) is 1. The second kappa shape index (κ2) is 10.6. The molecular formula is C26H28N2O4. The van der Waals surface area contributed by atoms with Gasteiger partial charge in [0.1, 0.15) is 6.04 Å². The highest BCUT2D eigenvalue weighted by molar-refractivity contribution is 6.00. The van der Waals surface area contributed by atoms with Crippen molar-refractivity contribution in [3.63, 3.8) is 0 Å². The second-order valence-corrected chi connectivity index (χ2v) is 7.64. The van der Waals surface area contributed by atoms with Gasteiger partial charge in [0.15, 0.2) is 6.61 Å². The Kier molecular flexibility index (Phi) is 7.60. The van der Waals surface area contributed by atoms with Crippen LogP contribution in [0.2, 0.25) is 0 Å². The lowest BCUT2D eigenvalue weighted by Gasteiger charge is -2.18. The fraction of sp³-hybridized carbons (Fsp3) is 0.269. The van der Waals surface area contributed by atoms with Crippen LogP contribution >= 0.6 is 0 Å². The quantitative estimate of drug-likeness (QED) is 0.411. The zero-order valence-corrected chi connectivity index (χ0v) is 18.6. The minimum atomic E-state index is -0.916. The van der Waals surface area contributed by atoms with Gasteiger partial charge in [-0.1, -0.05) is 48.5 Å². The molecular weight excluding hydrogens is 404 g/mol. The van der Waals surface area contributed by atoms with Crippen molar-refractivity contribution in [3.05, 3.63) is 94.8 Å². The van der Waals surface area contributed by atoms with Crippen LogP contribution in [0.25, 0.3) is 0 Å². The predicted octanol–water partition coefficient (Wildman–Crippen LogP) is 3.89. The van der Waals surface area contributed by atoms with Crippen LogP contribution in [0.4, 0.5) is 0 Å². The Hall–Kier alpha value is -3.67. The minimum absolute atomic E-state index is 0.261. The molecule has 6 nitrogen and oxygen atoms in total. The molecule has 32 heavy (non-hydrogen) atoms. The number of amides is 1. The molecule has 1 amide bonds. The first-order chi connectivity index (χ1) is 15.4. The largest absolute Gasteiger partial charge is 0.456 e. The number of carbonyl (C=O) groups is 3. The summed E-state index contributed by atoms with van der Waals surface area (Å²) in [6.07, 6.45) is 0.261. The van der Waals surface area contributed by atoms with E-state index in [1.54, 1.807) is 24.3 Å². The topological polar surface area (TPSA) is 77.4 Å². The molecule has 166 valence electrons. The molecule has 2 aromatic carbocycles. The molecule has 0 radical (unpaired) electrons. The summed E-state index contributed by atoms with van der Waals surface area (Å²) in [4.78, 5) is 38.2. The average molecular weight is 433 g/mol. The third-order valence-corrected chi connectivity index (χ3v) is 5.44. The summed E-state index contributed by atoms with van der Waals surface area (Å²) in [5, 5.41) is 2.75. The molecule has 0 aliphatic heterocycles. The molecule has 3 aromatic rings. The summed E-state index contributed by atoms with van der Waals surface area (Å²) >= 11 is 0. The van der Waals surface area contributed by atoms with Crippen molar-refractivity contribution in [3.8, 4) is 0 Å². The Balaban J connectivity index is 1.71. The van der Waals surface area contributed by atoms with Crippen molar-refractivity contribution >= 4 is 17.7 Å². The lowest BCUT2D eigenvalue weighted by atomic mass is 10.1.